The van der Waals surface area contributed by atoms with Gasteiger partial charge in [-0.3, -0.25) is 0 Å². The summed E-state index contributed by atoms with van der Waals surface area (Å²) in [7, 11) is 0. The Morgan fingerprint density at radius 1 is 1.38 bits per heavy atom. The van der Waals surface area contributed by atoms with Gasteiger partial charge in [0.15, 0.2) is 0 Å². The number of rotatable bonds is 4. The van der Waals surface area contributed by atoms with Gasteiger partial charge >= 0.3 is 6.03 Å². The highest BCUT2D eigenvalue weighted by Crippen LogP contribution is 2.26. The van der Waals surface area contributed by atoms with Gasteiger partial charge in [-0.15, -0.1) is 0 Å². The number of halogens is 2. The third-order valence-corrected chi connectivity index (χ3v) is 4.60. The summed E-state index contributed by atoms with van der Waals surface area (Å²) in [6.45, 7) is 2.48. The molecular formula is C15H20Cl2N2O2. The van der Waals surface area contributed by atoms with E-state index in [9.17, 15) is 9.90 Å². The van der Waals surface area contributed by atoms with Gasteiger partial charge in [0.2, 0.25) is 0 Å². The van der Waals surface area contributed by atoms with Crippen LogP contribution >= 0.6 is 23.2 Å². The number of hydrogen-bond donors (Lipinski definition) is 3. The molecule has 1 fully saturated rings. The van der Waals surface area contributed by atoms with Gasteiger partial charge < -0.3 is 15.7 Å². The molecule has 1 aliphatic rings. The molecule has 1 aromatic carbocycles. The minimum atomic E-state index is -0.213. The van der Waals surface area contributed by atoms with Crippen molar-refractivity contribution in [3.8, 4) is 0 Å². The Hall–Kier alpha value is -0.970. The second-order valence-electron chi connectivity index (χ2n) is 5.58. The van der Waals surface area contributed by atoms with Crippen molar-refractivity contribution in [2.24, 2.45) is 5.92 Å². The van der Waals surface area contributed by atoms with Crippen LogP contribution < -0.4 is 10.6 Å². The fourth-order valence-corrected chi connectivity index (χ4v) is 2.89. The van der Waals surface area contributed by atoms with Crippen LogP contribution in [0, 0.1) is 5.92 Å². The van der Waals surface area contributed by atoms with Crippen LogP contribution in [0.5, 0.6) is 0 Å². The molecule has 2 amide bonds. The average Bonchev–Trinajstić information content (AvgIpc) is 2.85. The Labute approximate surface area is 134 Å². The molecule has 1 saturated carbocycles. The first-order valence-electron chi connectivity index (χ1n) is 7.13. The first-order chi connectivity index (χ1) is 9.95. The molecule has 116 valence electrons. The van der Waals surface area contributed by atoms with E-state index < -0.39 is 0 Å². The molecule has 2 rings (SSSR count). The van der Waals surface area contributed by atoms with Crippen LogP contribution in [0.25, 0.3) is 0 Å². The Bertz CT molecular complexity index is 510. The minimum absolute atomic E-state index is 0.158. The molecule has 3 atom stereocenters. The van der Waals surface area contributed by atoms with E-state index in [2.05, 4.69) is 10.6 Å². The topological polar surface area (TPSA) is 61.4 Å². The molecule has 3 N–H and O–H groups in total. The van der Waals surface area contributed by atoms with Gasteiger partial charge in [0.05, 0.1) is 22.2 Å². The fourth-order valence-electron chi connectivity index (χ4n) is 2.58. The molecule has 1 aliphatic carbocycles. The standard InChI is InChI=1S/C15H20Cl2N2O2/c1-9(11-3-5-13(16)14(17)7-11)19-15(21)18-8-10-2-4-12(20)6-10/h3,5,7,9-10,12,20H,2,4,6,8H2,1H3,(H2,18,19,21)/t9-,10+,12-/m0/s1. The van der Waals surface area contributed by atoms with Crippen LogP contribution in [0.1, 0.15) is 37.8 Å². The van der Waals surface area contributed by atoms with E-state index in [0.29, 0.717) is 22.5 Å². The molecule has 1 aromatic rings. The largest absolute Gasteiger partial charge is 0.393 e. The maximum Gasteiger partial charge on any atom is 0.315 e. The number of benzene rings is 1. The van der Waals surface area contributed by atoms with Crippen molar-refractivity contribution in [2.45, 2.75) is 38.3 Å². The highest BCUT2D eigenvalue weighted by atomic mass is 35.5. The molecule has 6 heteroatoms. The number of urea groups is 1. The molecule has 0 heterocycles. The summed E-state index contributed by atoms with van der Waals surface area (Å²) in [6.07, 6.45) is 2.34. The number of amides is 2. The van der Waals surface area contributed by atoms with Gasteiger partial charge in [-0.25, -0.2) is 4.79 Å². The van der Waals surface area contributed by atoms with E-state index in [-0.39, 0.29) is 18.2 Å². The predicted molar refractivity (Wildman–Crippen MR) is 84.8 cm³/mol. The van der Waals surface area contributed by atoms with Gasteiger partial charge in [0.1, 0.15) is 0 Å². The predicted octanol–water partition coefficient (Wildman–Crippen LogP) is 3.51. The molecule has 0 unspecified atom stereocenters. The molecule has 0 radical (unpaired) electrons. The van der Waals surface area contributed by atoms with E-state index in [4.69, 9.17) is 23.2 Å². The summed E-state index contributed by atoms with van der Waals surface area (Å²) in [5.74, 6) is 0.367. The van der Waals surface area contributed by atoms with Crippen LogP contribution in [-0.2, 0) is 0 Å². The van der Waals surface area contributed by atoms with Crippen molar-refractivity contribution < 1.29 is 9.90 Å². The second kappa shape index (κ2) is 7.34. The maximum absolute atomic E-state index is 11.9. The molecule has 0 saturated heterocycles. The zero-order valence-corrected chi connectivity index (χ0v) is 13.4. The summed E-state index contributed by atoms with van der Waals surface area (Å²) < 4.78 is 0. The van der Waals surface area contributed by atoms with Crippen molar-refractivity contribution in [1.82, 2.24) is 10.6 Å². The molecule has 0 spiro atoms. The number of aliphatic hydroxyl groups is 1. The van der Waals surface area contributed by atoms with Crippen LogP contribution in [0.2, 0.25) is 10.0 Å². The lowest BCUT2D eigenvalue weighted by Gasteiger charge is -2.17. The number of carbonyl (C=O) groups excluding carboxylic acids is 1. The van der Waals surface area contributed by atoms with E-state index in [1.165, 1.54) is 0 Å². The normalized spacial score (nSPS) is 22.9. The zero-order chi connectivity index (χ0) is 15.4. The third kappa shape index (κ3) is 4.77. The number of aliphatic hydroxyl groups excluding tert-OH is 1. The smallest absolute Gasteiger partial charge is 0.315 e. The lowest BCUT2D eigenvalue weighted by molar-refractivity contribution is 0.177. The van der Waals surface area contributed by atoms with E-state index >= 15 is 0 Å². The first-order valence-corrected chi connectivity index (χ1v) is 7.88. The molecule has 21 heavy (non-hydrogen) atoms. The van der Waals surface area contributed by atoms with E-state index in [0.717, 1.165) is 24.8 Å². The van der Waals surface area contributed by atoms with E-state index in [1.54, 1.807) is 12.1 Å². The summed E-state index contributed by atoms with van der Waals surface area (Å²) in [6, 6.07) is 4.94. The van der Waals surface area contributed by atoms with Crippen molar-refractivity contribution in [3.63, 3.8) is 0 Å². The number of hydrogen-bond acceptors (Lipinski definition) is 2. The van der Waals surface area contributed by atoms with Gasteiger partial charge in [-0.2, -0.15) is 0 Å². The quantitative estimate of drug-likeness (QED) is 0.791. The summed E-state index contributed by atoms with van der Waals surface area (Å²) in [5, 5.41) is 16.1. The van der Waals surface area contributed by atoms with Gasteiger partial charge in [0.25, 0.3) is 0 Å². The molecular weight excluding hydrogens is 311 g/mol. The van der Waals surface area contributed by atoms with Crippen LogP contribution in [0.3, 0.4) is 0 Å². The molecule has 0 aliphatic heterocycles. The SMILES string of the molecule is C[C@H](NC(=O)NC[C@@H]1CC[C@H](O)C1)c1ccc(Cl)c(Cl)c1. The fraction of sp³-hybridized carbons (Fsp3) is 0.533. The number of carbonyl (C=O) groups is 1. The second-order valence-corrected chi connectivity index (χ2v) is 6.40. The van der Waals surface area contributed by atoms with Crippen molar-refractivity contribution in [3.05, 3.63) is 33.8 Å². The Morgan fingerprint density at radius 2 is 2.14 bits per heavy atom. The van der Waals surface area contributed by atoms with Crippen molar-refractivity contribution in [1.29, 1.82) is 0 Å². The summed E-state index contributed by atoms with van der Waals surface area (Å²) in [5.41, 5.74) is 0.899. The highest BCUT2D eigenvalue weighted by molar-refractivity contribution is 6.42. The summed E-state index contributed by atoms with van der Waals surface area (Å²) in [4.78, 5) is 11.9. The van der Waals surface area contributed by atoms with Crippen molar-refractivity contribution >= 4 is 29.2 Å². The van der Waals surface area contributed by atoms with Crippen LogP contribution in [-0.4, -0.2) is 23.8 Å². The minimum Gasteiger partial charge on any atom is -0.393 e. The highest BCUT2D eigenvalue weighted by Gasteiger charge is 2.23. The molecule has 0 bridgehead atoms. The Kier molecular flexibility index (Phi) is 5.73. The molecule has 4 nitrogen and oxygen atoms in total. The van der Waals surface area contributed by atoms with E-state index in [1.807, 2.05) is 13.0 Å². The van der Waals surface area contributed by atoms with Gasteiger partial charge in [0, 0.05) is 6.54 Å². The first kappa shape index (κ1) is 16.4. The average molecular weight is 331 g/mol. The van der Waals surface area contributed by atoms with Gasteiger partial charge in [-0.05, 0) is 49.8 Å². The lowest BCUT2D eigenvalue weighted by Crippen LogP contribution is -2.39. The summed E-state index contributed by atoms with van der Waals surface area (Å²) >= 11 is 11.8. The monoisotopic (exact) mass is 330 g/mol. The number of nitrogens with one attached hydrogen (secondary N) is 2. The Balaban J connectivity index is 1.80. The third-order valence-electron chi connectivity index (χ3n) is 3.86. The molecule has 0 aromatic heterocycles. The van der Waals surface area contributed by atoms with Crippen molar-refractivity contribution in [2.75, 3.05) is 6.54 Å². The Morgan fingerprint density at radius 3 is 2.76 bits per heavy atom. The van der Waals surface area contributed by atoms with Gasteiger partial charge in [-0.1, -0.05) is 29.3 Å². The van der Waals surface area contributed by atoms with Crippen LogP contribution in [0.15, 0.2) is 18.2 Å². The maximum atomic E-state index is 11.9. The lowest BCUT2D eigenvalue weighted by atomic mass is 10.1. The van der Waals surface area contributed by atoms with Crippen LogP contribution in [0.4, 0.5) is 4.79 Å². The zero-order valence-electron chi connectivity index (χ0n) is 11.9.